The van der Waals surface area contributed by atoms with Crippen LogP contribution in [0.5, 0.6) is 0 Å². The predicted octanol–water partition coefficient (Wildman–Crippen LogP) is 4.71. The van der Waals surface area contributed by atoms with E-state index in [-0.39, 0.29) is 11.8 Å². The molecule has 2 aliphatic carbocycles. The van der Waals surface area contributed by atoms with Crippen molar-refractivity contribution in [1.82, 2.24) is 15.2 Å². The fraction of sp³-hybridized carbons (Fsp3) is 0.640. The second-order valence-electron chi connectivity index (χ2n) is 9.83. The number of aromatic amines is 1. The molecule has 2 aromatic heterocycles. The van der Waals surface area contributed by atoms with Gasteiger partial charge in [0.1, 0.15) is 11.6 Å². The molecule has 6 N–H and O–H groups in total. The summed E-state index contributed by atoms with van der Waals surface area (Å²) in [7, 11) is 0. The number of nitrogen functional groups attached to an aromatic ring is 1. The van der Waals surface area contributed by atoms with Gasteiger partial charge in [0.05, 0.1) is 11.7 Å². The first-order valence-electron chi connectivity index (χ1n) is 12.3. The lowest BCUT2D eigenvalue weighted by Crippen LogP contribution is -2.48. The minimum Gasteiger partial charge on any atom is -0.383 e. The van der Waals surface area contributed by atoms with E-state index < -0.39 is 6.04 Å². The van der Waals surface area contributed by atoms with Gasteiger partial charge < -0.3 is 16.8 Å². The number of aryl methyl sites for hydroxylation is 2. The van der Waals surface area contributed by atoms with Crippen molar-refractivity contribution in [2.45, 2.75) is 84.1 Å². The molecule has 0 radical (unpaired) electrons. The standard InChI is InChI=1S/C25H38N6O/c1-15-21(16(2)31-30-15)19-13-14-20(28-24(19)27)29-25(32)23(26)22(17-9-5-3-6-10-17)18-11-7-4-8-12-18/h13-14,17-18,22-23H,3-12,26H2,1-2H3,(H,30,31)(H3,27,28,29,32). The number of hydrogen-bond donors (Lipinski definition) is 4. The zero-order valence-corrected chi connectivity index (χ0v) is 19.5. The molecule has 2 aromatic rings. The quantitative estimate of drug-likeness (QED) is 0.520. The van der Waals surface area contributed by atoms with Crippen LogP contribution in [0.25, 0.3) is 11.1 Å². The molecule has 2 saturated carbocycles. The van der Waals surface area contributed by atoms with E-state index in [2.05, 4.69) is 20.5 Å². The molecule has 1 unspecified atom stereocenters. The second kappa shape index (κ2) is 10.0. The number of hydrogen-bond acceptors (Lipinski definition) is 5. The van der Waals surface area contributed by atoms with Gasteiger partial charge in [-0.05, 0) is 43.7 Å². The van der Waals surface area contributed by atoms with Crippen molar-refractivity contribution in [3.8, 4) is 11.1 Å². The molecular weight excluding hydrogens is 400 g/mol. The maximum absolute atomic E-state index is 13.2. The summed E-state index contributed by atoms with van der Waals surface area (Å²) in [6.45, 7) is 3.89. The first-order chi connectivity index (χ1) is 15.5. The van der Waals surface area contributed by atoms with E-state index in [0.717, 1.165) is 22.5 Å². The summed E-state index contributed by atoms with van der Waals surface area (Å²) in [4.78, 5) is 17.7. The Balaban J connectivity index is 1.50. The summed E-state index contributed by atoms with van der Waals surface area (Å²) >= 11 is 0. The number of amides is 1. The van der Waals surface area contributed by atoms with Crippen LogP contribution >= 0.6 is 0 Å². The number of aromatic nitrogens is 3. The van der Waals surface area contributed by atoms with Crippen LogP contribution in [0.1, 0.15) is 75.6 Å². The van der Waals surface area contributed by atoms with Gasteiger partial charge in [0.15, 0.2) is 0 Å². The highest BCUT2D eigenvalue weighted by Crippen LogP contribution is 2.41. The van der Waals surface area contributed by atoms with Crippen molar-refractivity contribution < 1.29 is 4.79 Å². The summed E-state index contributed by atoms with van der Waals surface area (Å²) < 4.78 is 0. The largest absolute Gasteiger partial charge is 0.383 e. The van der Waals surface area contributed by atoms with Crippen LogP contribution in [0, 0.1) is 31.6 Å². The normalized spacial score (nSPS) is 19.2. The van der Waals surface area contributed by atoms with Gasteiger partial charge in [0, 0.05) is 16.8 Å². The fourth-order valence-corrected chi connectivity index (χ4v) is 6.10. The molecule has 0 aromatic carbocycles. The maximum Gasteiger partial charge on any atom is 0.242 e. The third-order valence-corrected chi connectivity index (χ3v) is 7.68. The lowest BCUT2D eigenvalue weighted by molar-refractivity contribution is -0.120. The number of carbonyl (C=O) groups excluding carboxylic acids is 1. The first kappa shape index (κ1) is 22.8. The van der Waals surface area contributed by atoms with Crippen LogP contribution in [-0.2, 0) is 4.79 Å². The van der Waals surface area contributed by atoms with E-state index in [1.165, 1.54) is 64.2 Å². The molecule has 7 heteroatoms. The molecule has 2 heterocycles. The average molecular weight is 439 g/mol. The molecule has 0 aliphatic heterocycles. The van der Waals surface area contributed by atoms with E-state index in [4.69, 9.17) is 11.5 Å². The van der Waals surface area contributed by atoms with E-state index in [0.29, 0.717) is 23.5 Å². The van der Waals surface area contributed by atoms with Crippen LogP contribution in [0.3, 0.4) is 0 Å². The summed E-state index contributed by atoms with van der Waals surface area (Å²) in [5.41, 5.74) is 16.5. The Morgan fingerprint density at radius 3 is 2.12 bits per heavy atom. The van der Waals surface area contributed by atoms with Gasteiger partial charge in [-0.3, -0.25) is 9.89 Å². The van der Waals surface area contributed by atoms with Crippen molar-refractivity contribution in [2.75, 3.05) is 11.1 Å². The molecule has 0 bridgehead atoms. The number of anilines is 2. The van der Waals surface area contributed by atoms with Gasteiger partial charge in [-0.2, -0.15) is 5.10 Å². The highest BCUT2D eigenvalue weighted by atomic mass is 16.2. The minimum atomic E-state index is -0.512. The van der Waals surface area contributed by atoms with Gasteiger partial charge in [-0.15, -0.1) is 0 Å². The second-order valence-corrected chi connectivity index (χ2v) is 9.83. The number of H-pyrrole nitrogens is 1. The predicted molar refractivity (Wildman–Crippen MR) is 129 cm³/mol. The Labute approximate surface area is 191 Å². The molecule has 2 aliphatic rings. The average Bonchev–Trinajstić information content (AvgIpc) is 3.13. The molecule has 32 heavy (non-hydrogen) atoms. The molecule has 1 atom stereocenters. The lowest BCUT2D eigenvalue weighted by Gasteiger charge is -2.40. The van der Waals surface area contributed by atoms with E-state index in [9.17, 15) is 4.79 Å². The Hall–Kier alpha value is -2.41. The van der Waals surface area contributed by atoms with Gasteiger partial charge in [0.2, 0.25) is 5.91 Å². The monoisotopic (exact) mass is 438 g/mol. The summed E-state index contributed by atoms with van der Waals surface area (Å²) in [5, 5.41) is 10.2. The van der Waals surface area contributed by atoms with Gasteiger partial charge in [-0.1, -0.05) is 64.2 Å². The van der Waals surface area contributed by atoms with Crippen LogP contribution in [0.2, 0.25) is 0 Å². The van der Waals surface area contributed by atoms with Crippen LogP contribution in [0.4, 0.5) is 11.6 Å². The lowest BCUT2D eigenvalue weighted by atomic mass is 9.66. The summed E-state index contributed by atoms with van der Waals surface area (Å²) in [6, 6.07) is 3.19. The summed E-state index contributed by atoms with van der Waals surface area (Å²) in [5.74, 6) is 2.06. The van der Waals surface area contributed by atoms with Crippen molar-refractivity contribution in [3.05, 3.63) is 23.5 Å². The van der Waals surface area contributed by atoms with E-state index in [1.54, 1.807) is 6.07 Å². The van der Waals surface area contributed by atoms with Crippen LogP contribution in [0.15, 0.2) is 12.1 Å². The van der Waals surface area contributed by atoms with Crippen molar-refractivity contribution in [1.29, 1.82) is 0 Å². The minimum absolute atomic E-state index is 0.138. The topological polar surface area (TPSA) is 123 Å². The number of nitrogens with zero attached hydrogens (tertiary/aromatic N) is 2. The summed E-state index contributed by atoms with van der Waals surface area (Å²) in [6.07, 6.45) is 12.4. The zero-order valence-electron chi connectivity index (χ0n) is 19.5. The number of nitrogens with two attached hydrogens (primary N) is 2. The van der Waals surface area contributed by atoms with Gasteiger partial charge >= 0.3 is 0 Å². The van der Waals surface area contributed by atoms with Gasteiger partial charge in [0.25, 0.3) is 0 Å². The molecule has 2 fully saturated rings. The number of nitrogens with one attached hydrogen (secondary N) is 2. The Morgan fingerprint density at radius 2 is 1.62 bits per heavy atom. The Morgan fingerprint density at radius 1 is 1.03 bits per heavy atom. The zero-order chi connectivity index (χ0) is 22.7. The molecule has 1 amide bonds. The number of rotatable bonds is 6. The molecule has 0 saturated heterocycles. The number of pyridine rings is 1. The molecule has 7 nitrogen and oxygen atoms in total. The molecule has 4 rings (SSSR count). The highest BCUT2D eigenvalue weighted by molar-refractivity contribution is 5.94. The first-order valence-corrected chi connectivity index (χ1v) is 12.3. The van der Waals surface area contributed by atoms with E-state index in [1.807, 2.05) is 19.9 Å². The molecular formula is C25H38N6O. The number of carbonyl (C=O) groups is 1. The smallest absolute Gasteiger partial charge is 0.242 e. The van der Waals surface area contributed by atoms with Crippen LogP contribution in [-0.4, -0.2) is 27.1 Å². The van der Waals surface area contributed by atoms with Crippen LogP contribution < -0.4 is 16.8 Å². The van der Waals surface area contributed by atoms with Crippen molar-refractivity contribution in [2.24, 2.45) is 23.5 Å². The maximum atomic E-state index is 13.2. The molecule has 0 spiro atoms. The van der Waals surface area contributed by atoms with Gasteiger partial charge in [-0.25, -0.2) is 4.98 Å². The molecule has 174 valence electrons. The Kier molecular flexibility index (Phi) is 7.13. The van der Waals surface area contributed by atoms with E-state index >= 15 is 0 Å². The fourth-order valence-electron chi connectivity index (χ4n) is 6.10. The SMILES string of the molecule is Cc1n[nH]c(C)c1-c1ccc(NC(=O)C(N)C(C2CCCCC2)C2CCCCC2)nc1N. The Bertz CT molecular complexity index is 889. The van der Waals surface area contributed by atoms with Crippen molar-refractivity contribution >= 4 is 17.5 Å². The third kappa shape index (κ3) is 4.82. The third-order valence-electron chi connectivity index (χ3n) is 7.68. The highest BCUT2D eigenvalue weighted by Gasteiger charge is 2.38. The van der Waals surface area contributed by atoms with Crippen molar-refractivity contribution in [3.63, 3.8) is 0 Å².